The number of hydrogen-bond donors (Lipinski definition) is 1. The predicted molar refractivity (Wildman–Crippen MR) is 71.8 cm³/mol. The van der Waals surface area contributed by atoms with Gasteiger partial charge in [0.1, 0.15) is 15.7 Å². The largest absolute Gasteiger partial charge is 0.431 e. The zero-order valence-electron chi connectivity index (χ0n) is 9.13. The number of para-hydroxylation sites is 2. The number of hydrogen-bond acceptors (Lipinski definition) is 5. The van der Waals surface area contributed by atoms with Crippen LogP contribution in [-0.4, -0.2) is 9.97 Å². The maximum absolute atomic E-state index is 5.83. The zero-order valence-corrected chi connectivity index (χ0v) is 10.7. The van der Waals surface area contributed by atoms with Crippen molar-refractivity contribution in [1.29, 1.82) is 0 Å². The van der Waals surface area contributed by atoms with Crippen molar-refractivity contribution in [1.82, 2.24) is 9.97 Å². The number of oxazole rings is 1. The molecule has 2 aromatic heterocycles. The van der Waals surface area contributed by atoms with Gasteiger partial charge in [-0.15, -0.1) is 0 Å². The van der Waals surface area contributed by atoms with Crippen molar-refractivity contribution in [2.45, 2.75) is 10.2 Å². The monoisotopic (exact) mass is 277 g/mol. The summed E-state index contributed by atoms with van der Waals surface area (Å²) >= 11 is 7.09. The molecule has 3 rings (SSSR count). The quantitative estimate of drug-likeness (QED) is 0.725. The third kappa shape index (κ3) is 2.14. The maximum atomic E-state index is 5.83. The number of aromatic nitrogens is 2. The Labute approximate surface area is 112 Å². The summed E-state index contributed by atoms with van der Waals surface area (Å²) in [5.41, 5.74) is 7.91. The first-order valence-electron chi connectivity index (χ1n) is 5.18. The van der Waals surface area contributed by atoms with Crippen molar-refractivity contribution in [3.8, 4) is 0 Å². The lowest BCUT2D eigenvalue weighted by Gasteiger charge is -2.00. The van der Waals surface area contributed by atoms with Crippen LogP contribution in [-0.2, 0) is 0 Å². The van der Waals surface area contributed by atoms with E-state index in [0.717, 1.165) is 11.1 Å². The summed E-state index contributed by atoms with van der Waals surface area (Å²) in [7, 11) is 0. The Balaban J connectivity index is 1.98. The van der Waals surface area contributed by atoms with Crippen LogP contribution in [0, 0.1) is 0 Å². The lowest BCUT2D eigenvalue weighted by atomic mass is 10.3. The number of fused-ring (bicyclic) bond motifs is 1. The molecule has 0 saturated carbocycles. The van der Waals surface area contributed by atoms with E-state index in [1.165, 1.54) is 11.8 Å². The summed E-state index contributed by atoms with van der Waals surface area (Å²) in [5, 5.41) is 1.48. The van der Waals surface area contributed by atoms with Gasteiger partial charge in [0.05, 0.1) is 5.69 Å². The van der Waals surface area contributed by atoms with Gasteiger partial charge < -0.3 is 10.2 Å². The molecule has 0 saturated heterocycles. The highest BCUT2D eigenvalue weighted by molar-refractivity contribution is 7.99. The number of pyridine rings is 1. The average Bonchev–Trinajstić information content (AvgIpc) is 2.76. The van der Waals surface area contributed by atoms with Gasteiger partial charge in [-0.1, -0.05) is 23.7 Å². The Morgan fingerprint density at radius 2 is 1.94 bits per heavy atom. The first kappa shape index (κ1) is 11.4. The van der Waals surface area contributed by atoms with Crippen LogP contribution in [0.25, 0.3) is 11.1 Å². The fourth-order valence-corrected chi connectivity index (χ4v) is 2.46. The molecule has 0 atom stereocenters. The van der Waals surface area contributed by atoms with E-state index >= 15 is 0 Å². The van der Waals surface area contributed by atoms with Crippen LogP contribution < -0.4 is 5.73 Å². The lowest BCUT2D eigenvalue weighted by molar-refractivity contribution is 0.489. The molecule has 0 spiro atoms. The van der Waals surface area contributed by atoms with E-state index in [4.69, 9.17) is 21.8 Å². The van der Waals surface area contributed by atoms with E-state index in [0.29, 0.717) is 21.1 Å². The molecule has 0 amide bonds. The van der Waals surface area contributed by atoms with E-state index in [-0.39, 0.29) is 0 Å². The third-order valence-corrected chi connectivity index (χ3v) is 3.39. The molecule has 3 aromatic rings. The lowest BCUT2D eigenvalue weighted by Crippen LogP contribution is -1.91. The highest BCUT2D eigenvalue weighted by Gasteiger charge is 2.10. The molecule has 2 heterocycles. The zero-order chi connectivity index (χ0) is 12.5. The summed E-state index contributed by atoms with van der Waals surface area (Å²) in [4.78, 5) is 8.48. The highest BCUT2D eigenvalue weighted by atomic mass is 35.5. The van der Waals surface area contributed by atoms with E-state index in [1.807, 2.05) is 24.3 Å². The molecule has 2 N–H and O–H groups in total. The van der Waals surface area contributed by atoms with Crippen LogP contribution in [0.3, 0.4) is 0 Å². The summed E-state index contributed by atoms with van der Waals surface area (Å²) in [6.07, 6.45) is 0. The molecule has 18 heavy (non-hydrogen) atoms. The minimum Gasteiger partial charge on any atom is -0.431 e. The van der Waals surface area contributed by atoms with Gasteiger partial charge in [0.25, 0.3) is 5.22 Å². The van der Waals surface area contributed by atoms with Crippen molar-refractivity contribution in [3.05, 3.63) is 41.6 Å². The molecular weight excluding hydrogens is 270 g/mol. The fraction of sp³-hybridized carbons (Fsp3) is 0. The van der Waals surface area contributed by atoms with Gasteiger partial charge >= 0.3 is 0 Å². The molecule has 0 fully saturated rings. The first-order valence-corrected chi connectivity index (χ1v) is 6.37. The number of rotatable bonds is 2. The number of anilines is 1. The molecule has 90 valence electrons. The topological polar surface area (TPSA) is 64.9 Å². The first-order chi connectivity index (χ1) is 8.72. The molecule has 0 aliphatic carbocycles. The van der Waals surface area contributed by atoms with Crippen molar-refractivity contribution in [3.63, 3.8) is 0 Å². The smallest absolute Gasteiger partial charge is 0.263 e. The van der Waals surface area contributed by atoms with Crippen LogP contribution in [0.5, 0.6) is 0 Å². The van der Waals surface area contributed by atoms with Crippen LogP contribution >= 0.6 is 23.4 Å². The van der Waals surface area contributed by atoms with Crippen LogP contribution in [0.1, 0.15) is 0 Å². The molecule has 0 aliphatic rings. The number of nitrogens with zero attached hydrogens (tertiary/aromatic N) is 2. The molecule has 0 radical (unpaired) electrons. The van der Waals surface area contributed by atoms with Crippen molar-refractivity contribution < 1.29 is 4.42 Å². The Hall–Kier alpha value is -1.72. The maximum Gasteiger partial charge on any atom is 0.263 e. The van der Waals surface area contributed by atoms with Crippen LogP contribution in [0.15, 0.2) is 51.1 Å². The van der Waals surface area contributed by atoms with E-state index in [1.54, 1.807) is 12.1 Å². The Morgan fingerprint density at radius 1 is 1.11 bits per heavy atom. The minimum atomic E-state index is 0.391. The standard InChI is InChI=1S/C12H8ClN3OS/c13-10-6-5-7(14)11(16-10)18-12-15-8-3-1-2-4-9(8)17-12/h1-6H,14H2. The van der Waals surface area contributed by atoms with E-state index in [2.05, 4.69) is 9.97 Å². The number of nitrogen functional groups attached to an aromatic ring is 1. The second kappa shape index (κ2) is 4.51. The molecule has 6 heteroatoms. The van der Waals surface area contributed by atoms with Gasteiger partial charge in [0.2, 0.25) is 0 Å². The third-order valence-electron chi connectivity index (χ3n) is 2.31. The molecule has 1 aromatic carbocycles. The predicted octanol–water partition coefficient (Wildman–Crippen LogP) is 3.61. The van der Waals surface area contributed by atoms with Crippen molar-refractivity contribution >= 4 is 40.1 Å². The van der Waals surface area contributed by atoms with Gasteiger partial charge in [0.15, 0.2) is 5.58 Å². The second-order valence-corrected chi connectivity index (χ2v) is 4.91. The normalized spacial score (nSPS) is 10.9. The van der Waals surface area contributed by atoms with Gasteiger partial charge in [-0.2, -0.15) is 0 Å². The van der Waals surface area contributed by atoms with Crippen LogP contribution in [0.4, 0.5) is 5.69 Å². The summed E-state index contributed by atoms with van der Waals surface area (Å²) in [5.74, 6) is 0. The van der Waals surface area contributed by atoms with Gasteiger partial charge in [0, 0.05) is 0 Å². The second-order valence-electron chi connectivity index (χ2n) is 3.58. The molecular formula is C12H8ClN3OS. The molecule has 4 nitrogen and oxygen atoms in total. The number of halogens is 1. The molecule has 0 unspecified atom stereocenters. The van der Waals surface area contributed by atoms with Gasteiger partial charge in [-0.3, -0.25) is 0 Å². The number of nitrogens with two attached hydrogens (primary N) is 1. The van der Waals surface area contributed by atoms with E-state index < -0.39 is 0 Å². The highest BCUT2D eigenvalue weighted by Crippen LogP contribution is 2.32. The van der Waals surface area contributed by atoms with Gasteiger partial charge in [-0.05, 0) is 36.0 Å². The van der Waals surface area contributed by atoms with Crippen molar-refractivity contribution in [2.75, 3.05) is 5.73 Å². The average molecular weight is 278 g/mol. The fourth-order valence-electron chi connectivity index (χ4n) is 1.49. The van der Waals surface area contributed by atoms with Crippen LogP contribution in [0.2, 0.25) is 5.15 Å². The van der Waals surface area contributed by atoms with Crippen molar-refractivity contribution in [2.24, 2.45) is 0 Å². The van der Waals surface area contributed by atoms with E-state index in [9.17, 15) is 0 Å². The molecule has 0 aliphatic heterocycles. The summed E-state index contributed by atoms with van der Waals surface area (Å²) in [6.45, 7) is 0. The van der Waals surface area contributed by atoms with Gasteiger partial charge in [-0.25, -0.2) is 9.97 Å². The summed E-state index contributed by atoms with van der Waals surface area (Å²) < 4.78 is 5.58. The molecule has 0 bridgehead atoms. The Kier molecular flexibility index (Phi) is 2.85. The Morgan fingerprint density at radius 3 is 2.78 bits per heavy atom. The Bertz CT molecular complexity index is 680. The summed E-state index contributed by atoms with van der Waals surface area (Å²) in [6, 6.07) is 10.9. The minimum absolute atomic E-state index is 0.391. The SMILES string of the molecule is Nc1ccc(Cl)nc1Sc1nc2ccccc2o1. The number of benzene rings is 1.